The zero-order chi connectivity index (χ0) is 13.9. The first-order valence-corrected chi connectivity index (χ1v) is 6.35. The summed E-state index contributed by atoms with van der Waals surface area (Å²) in [5, 5.41) is 0. The number of carbonyl (C=O) groups is 1. The van der Waals surface area contributed by atoms with Crippen LogP contribution in [0.15, 0.2) is 24.3 Å². The summed E-state index contributed by atoms with van der Waals surface area (Å²) in [7, 11) is 1.79. The number of amides is 1. The molecule has 0 saturated heterocycles. The lowest BCUT2D eigenvalue weighted by molar-refractivity contribution is -0.121. The third-order valence-electron chi connectivity index (χ3n) is 3.23. The van der Waals surface area contributed by atoms with Crippen molar-refractivity contribution in [3.05, 3.63) is 29.8 Å². The van der Waals surface area contributed by atoms with E-state index in [0.29, 0.717) is 6.54 Å². The van der Waals surface area contributed by atoms with Gasteiger partial charge in [0.1, 0.15) is 0 Å². The van der Waals surface area contributed by atoms with E-state index in [4.69, 9.17) is 5.73 Å². The summed E-state index contributed by atoms with van der Waals surface area (Å²) in [5.74, 6) is -0.0849. The number of nitrogens with zero attached hydrogens (tertiary/aromatic N) is 1. The van der Waals surface area contributed by atoms with Gasteiger partial charge in [-0.1, -0.05) is 39.8 Å². The highest BCUT2D eigenvalue weighted by molar-refractivity contribution is 5.94. The first kappa shape index (κ1) is 14.7. The molecule has 1 rings (SSSR count). The first-order chi connectivity index (χ1) is 8.27. The van der Waals surface area contributed by atoms with Crippen molar-refractivity contribution < 1.29 is 4.79 Å². The summed E-state index contributed by atoms with van der Waals surface area (Å²) in [6.07, 6.45) is 0. The molecule has 0 heterocycles. The van der Waals surface area contributed by atoms with Gasteiger partial charge in [0, 0.05) is 25.2 Å². The quantitative estimate of drug-likeness (QED) is 0.893. The molecule has 100 valence electrons. The smallest absolute Gasteiger partial charge is 0.230 e. The molecule has 0 spiro atoms. The minimum absolute atomic E-state index is 0.0565. The second kappa shape index (κ2) is 5.53. The van der Waals surface area contributed by atoms with Gasteiger partial charge in [0.15, 0.2) is 0 Å². The van der Waals surface area contributed by atoms with E-state index in [2.05, 4.69) is 32.9 Å². The van der Waals surface area contributed by atoms with Gasteiger partial charge in [0.05, 0.1) is 0 Å². The highest BCUT2D eigenvalue weighted by Gasteiger charge is 2.18. The summed E-state index contributed by atoms with van der Waals surface area (Å²) in [6.45, 7) is 8.75. The molecule has 3 nitrogen and oxygen atoms in total. The Bertz CT molecular complexity index is 403. The topological polar surface area (TPSA) is 46.3 Å². The molecule has 2 N–H and O–H groups in total. The predicted molar refractivity (Wildman–Crippen MR) is 76.8 cm³/mol. The molecule has 0 aliphatic heterocycles. The number of nitrogens with two attached hydrogens (primary N) is 1. The van der Waals surface area contributed by atoms with Crippen LogP contribution in [0.2, 0.25) is 0 Å². The molecule has 0 aliphatic carbocycles. The molecule has 0 fully saturated rings. The van der Waals surface area contributed by atoms with Crippen LogP contribution in [-0.4, -0.2) is 19.5 Å². The minimum atomic E-state index is -0.141. The Balaban J connectivity index is 2.89. The van der Waals surface area contributed by atoms with Crippen molar-refractivity contribution in [2.45, 2.75) is 33.1 Å². The van der Waals surface area contributed by atoms with E-state index in [1.54, 1.807) is 11.9 Å². The Morgan fingerprint density at radius 2 is 1.78 bits per heavy atom. The van der Waals surface area contributed by atoms with E-state index in [1.165, 1.54) is 5.56 Å². The van der Waals surface area contributed by atoms with E-state index in [0.717, 1.165) is 5.69 Å². The number of carbonyl (C=O) groups excluding carboxylic acids is 1. The van der Waals surface area contributed by atoms with Crippen LogP contribution >= 0.6 is 0 Å². The summed E-state index contributed by atoms with van der Waals surface area (Å²) < 4.78 is 0. The molecule has 0 aliphatic rings. The van der Waals surface area contributed by atoms with Gasteiger partial charge in [0.25, 0.3) is 0 Å². The molecule has 0 aromatic heterocycles. The van der Waals surface area contributed by atoms with Crippen molar-refractivity contribution in [2.24, 2.45) is 11.7 Å². The maximum Gasteiger partial charge on any atom is 0.230 e. The van der Waals surface area contributed by atoms with Crippen LogP contribution in [0.5, 0.6) is 0 Å². The molecule has 3 heteroatoms. The summed E-state index contributed by atoms with van der Waals surface area (Å²) >= 11 is 0. The second-order valence-electron chi connectivity index (χ2n) is 5.83. The first-order valence-electron chi connectivity index (χ1n) is 6.35. The van der Waals surface area contributed by atoms with E-state index in [-0.39, 0.29) is 17.2 Å². The molecule has 18 heavy (non-hydrogen) atoms. The summed E-state index contributed by atoms with van der Waals surface area (Å²) in [6, 6.07) is 8.13. The van der Waals surface area contributed by atoms with Crippen LogP contribution < -0.4 is 10.6 Å². The number of benzene rings is 1. The van der Waals surface area contributed by atoms with Crippen molar-refractivity contribution in [2.75, 3.05) is 18.5 Å². The maximum absolute atomic E-state index is 12.0. The largest absolute Gasteiger partial charge is 0.330 e. The normalized spacial score (nSPS) is 13.2. The third kappa shape index (κ3) is 3.33. The lowest BCUT2D eigenvalue weighted by Crippen LogP contribution is -2.35. The van der Waals surface area contributed by atoms with Crippen molar-refractivity contribution in [1.82, 2.24) is 0 Å². The zero-order valence-electron chi connectivity index (χ0n) is 12.0. The monoisotopic (exact) mass is 248 g/mol. The van der Waals surface area contributed by atoms with Crippen molar-refractivity contribution in [3.63, 3.8) is 0 Å². The molecule has 1 aromatic carbocycles. The number of hydrogen-bond acceptors (Lipinski definition) is 2. The molecule has 1 amide bonds. The van der Waals surface area contributed by atoms with Crippen LogP contribution in [0.25, 0.3) is 0 Å². The van der Waals surface area contributed by atoms with E-state index in [9.17, 15) is 4.79 Å². The van der Waals surface area contributed by atoms with Crippen LogP contribution in [0, 0.1) is 5.92 Å². The Hall–Kier alpha value is -1.35. The Labute approximate surface area is 110 Å². The Morgan fingerprint density at radius 3 is 2.17 bits per heavy atom. The number of rotatable bonds is 3. The fourth-order valence-corrected chi connectivity index (χ4v) is 1.74. The Kier molecular flexibility index (Phi) is 4.52. The molecule has 0 radical (unpaired) electrons. The average molecular weight is 248 g/mol. The lowest BCUT2D eigenvalue weighted by Gasteiger charge is -2.23. The standard InChI is InChI=1S/C15H24N2O/c1-11(10-16)14(18)17(5)13-8-6-12(7-9-13)15(2,3)4/h6-9,11H,10,16H2,1-5H3. The number of anilines is 1. The van der Waals surface area contributed by atoms with Gasteiger partial charge in [-0.25, -0.2) is 0 Å². The molecule has 1 aromatic rings. The van der Waals surface area contributed by atoms with E-state index < -0.39 is 0 Å². The lowest BCUT2D eigenvalue weighted by atomic mass is 9.87. The molecular weight excluding hydrogens is 224 g/mol. The predicted octanol–water partition coefficient (Wildman–Crippen LogP) is 2.54. The molecular formula is C15H24N2O. The molecule has 1 atom stereocenters. The minimum Gasteiger partial charge on any atom is -0.330 e. The van der Waals surface area contributed by atoms with Crippen molar-refractivity contribution in [1.29, 1.82) is 0 Å². The zero-order valence-corrected chi connectivity index (χ0v) is 12.0. The van der Waals surface area contributed by atoms with Gasteiger partial charge in [0.2, 0.25) is 5.91 Å². The van der Waals surface area contributed by atoms with Crippen LogP contribution in [-0.2, 0) is 10.2 Å². The van der Waals surface area contributed by atoms with Crippen molar-refractivity contribution in [3.8, 4) is 0 Å². The third-order valence-corrected chi connectivity index (χ3v) is 3.23. The summed E-state index contributed by atoms with van der Waals surface area (Å²) in [4.78, 5) is 13.7. The molecule has 0 bridgehead atoms. The van der Waals surface area contributed by atoms with Gasteiger partial charge in [-0.05, 0) is 23.1 Å². The van der Waals surface area contributed by atoms with Crippen LogP contribution in [0.4, 0.5) is 5.69 Å². The van der Waals surface area contributed by atoms with Crippen molar-refractivity contribution >= 4 is 11.6 Å². The van der Waals surface area contributed by atoms with Gasteiger partial charge in [-0.15, -0.1) is 0 Å². The Morgan fingerprint density at radius 1 is 1.28 bits per heavy atom. The fourth-order valence-electron chi connectivity index (χ4n) is 1.74. The molecule has 0 saturated carbocycles. The molecule has 1 unspecified atom stereocenters. The van der Waals surface area contributed by atoms with Gasteiger partial charge < -0.3 is 10.6 Å². The van der Waals surface area contributed by atoms with E-state index in [1.807, 2.05) is 19.1 Å². The highest BCUT2D eigenvalue weighted by Crippen LogP contribution is 2.24. The maximum atomic E-state index is 12.0. The van der Waals surface area contributed by atoms with Gasteiger partial charge >= 0.3 is 0 Å². The number of hydrogen-bond donors (Lipinski definition) is 1. The SMILES string of the molecule is CC(CN)C(=O)N(C)c1ccc(C(C)(C)C)cc1. The van der Waals surface area contributed by atoms with Crippen LogP contribution in [0.3, 0.4) is 0 Å². The van der Waals surface area contributed by atoms with Gasteiger partial charge in [-0.2, -0.15) is 0 Å². The summed E-state index contributed by atoms with van der Waals surface area (Å²) in [5.41, 5.74) is 7.83. The fraction of sp³-hybridized carbons (Fsp3) is 0.533. The second-order valence-corrected chi connectivity index (χ2v) is 5.83. The van der Waals surface area contributed by atoms with Crippen LogP contribution in [0.1, 0.15) is 33.3 Å². The highest BCUT2D eigenvalue weighted by atomic mass is 16.2. The van der Waals surface area contributed by atoms with E-state index >= 15 is 0 Å². The average Bonchev–Trinajstić information content (AvgIpc) is 2.35. The van der Waals surface area contributed by atoms with Gasteiger partial charge in [-0.3, -0.25) is 4.79 Å².